The minimum atomic E-state index is -0.891. The van der Waals surface area contributed by atoms with E-state index in [1.54, 1.807) is 17.0 Å². The monoisotopic (exact) mass is 621 g/mol. The van der Waals surface area contributed by atoms with Crippen molar-refractivity contribution in [2.45, 2.75) is 90.3 Å². The molecule has 0 radical (unpaired) electrons. The Hall–Kier alpha value is -3.43. The molecule has 0 aromatic heterocycles. The van der Waals surface area contributed by atoms with E-state index in [4.69, 9.17) is 17.3 Å². The van der Waals surface area contributed by atoms with E-state index in [0.717, 1.165) is 41.8 Å². The van der Waals surface area contributed by atoms with Gasteiger partial charge in [-0.1, -0.05) is 42.3 Å². The number of carbonyl (C=O) groups excluding carboxylic acids is 4. The summed E-state index contributed by atoms with van der Waals surface area (Å²) in [4.78, 5) is 57.4. The number of fused-ring (bicyclic) bond motifs is 1. The number of benzene rings is 2. The molecule has 0 unspecified atom stereocenters. The van der Waals surface area contributed by atoms with Crippen molar-refractivity contribution in [2.24, 2.45) is 11.1 Å². The van der Waals surface area contributed by atoms with E-state index in [2.05, 4.69) is 10.6 Å². The summed E-state index contributed by atoms with van der Waals surface area (Å²) in [7, 11) is 0. The fourth-order valence-electron chi connectivity index (χ4n) is 6.99. The first kappa shape index (κ1) is 32.0. The van der Waals surface area contributed by atoms with Crippen LogP contribution in [0.4, 0.5) is 5.69 Å². The summed E-state index contributed by atoms with van der Waals surface area (Å²) in [5.74, 6) is -1.04. The highest BCUT2D eigenvalue weighted by atomic mass is 35.5. The van der Waals surface area contributed by atoms with Gasteiger partial charge in [-0.05, 0) is 92.3 Å². The molecular formula is C34H44ClN5O4. The van der Waals surface area contributed by atoms with Crippen LogP contribution in [0, 0.1) is 19.3 Å². The predicted molar refractivity (Wildman–Crippen MR) is 171 cm³/mol. The lowest BCUT2D eigenvalue weighted by Crippen LogP contribution is -2.56. The van der Waals surface area contributed by atoms with Crippen molar-refractivity contribution in [1.29, 1.82) is 0 Å². The summed E-state index contributed by atoms with van der Waals surface area (Å²) in [6.07, 6.45) is 6.50. The van der Waals surface area contributed by atoms with Crippen LogP contribution in [-0.4, -0.2) is 65.1 Å². The van der Waals surface area contributed by atoms with Gasteiger partial charge in [0.25, 0.3) is 0 Å². The summed E-state index contributed by atoms with van der Waals surface area (Å²) in [5, 5.41) is 6.39. The maximum Gasteiger partial charge on any atom is 0.246 e. The lowest BCUT2D eigenvalue weighted by atomic mass is 9.64. The van der Waals surface area contributed by atoms with Crippen LogP contribution < -0.4 is 16.4 Å². The second kappa shape index (κ2) is 13.7. The van der Waals surface area contributed by atoms with Crippen LogP contribution >= 0.6 is 11.6 Å². The minimum Gasteiger partial charge on any atom is -0.342 e. The number of hydrogen-bond donors (Lipinski definition) is 3. The van der Waals surface area contributed by atoms with Crippen LogP contribution in [-0.2, 0) is 32.1 Å². The van der Waals surface area contributed by atoms with E-state index >= 15 is 0 Å². The zero-order valence-electron chi connectivity index (χ0n) is 25.8. The molecule has 2 aromatic carbocycles. The molecule has 236 valence electrons. The van der Waals surface area contributed by atoms with Gasteiger partial charge in [0.1, 0.15) is 12.1 Å². The van der Waals surface area contributed by atoms with E-state index in [1.165, 1.54) is 25.7 Å². The Labute approximate surface area is 264 Å². The van der Waals surface area contributed by atoms with Gasteiger partial charge < -0.3 is 26.2 Å². The Balaban J connectivity index is 1.26. The number of piperidine rings is 1. The molecule has 1 saturated heterocycles. The van der Waals surface area contributed by atoms with E-state index in [-0.39, 0.29) is 49.6 Å². The molecule has 44 heavy (non-hydrogen) atoms. The van der Waals surface area contributed by atoms with Gasteiger partial charge in [-0.2, -0.15) is 0 Å². The lowest BCUT2D eigenvalue weighted by Gasteiger charge is -2.49. The Morgan fingerprint density at radius 3 is 2.32 bits per heavy atom. The molecule has 3 aliphatic rings. The van der Waals surface area contributed by atoms with E-state index in [0.29, 0.717) is 17.1 Å². The van der Waals surface area contributed by atoms with Gasteiger partial charge in [-0.15, -0.1) is 0 Å². The van der Waals surface area contributed by atoms with Gasteiger partial charge >= 0.3 is 0 Å². The second-order valence-electron chi connectivity index (χ2n) is 12.8. The number of anilines is 1. The Bertz CT molecular complexity index is 1400. The van der Waals surface area contributed by atoms with E-state index < -0.39 is 23.9 Å². The van der Waals surface area contributed by atoms with Crippen molar-refractivity contribution in [3.63, 3.8) is 0 Å². The molecule has 2 heterocycles. The number of amides is 4. The zero-order valence-corrected chi connectivity index (χ0v) is 26.5. The molecule has 2 aliphatic heterocycles. The summed E-state index contributed by atoms with van der Waals surface area (Å²) < 4.78 is 0. The standard InChI is InChI=1S/C34H44ClN5O4/c1-22-17-26(18-23(2)31(22)35)37-32(43)27(11-15-36)38-33(44)28-19-24-7-3-4-8-25(24)20-40(28)30(42)10-9-29(41)39-16-6-14-34(21-39)12-5-13-34/h3-4,7-8,17-18,27-28H,5-6,9-16,19-21,36H2,1-2H3,(H,37,43)(H,38,44)/t27-,28-/m0/s1. The fraction of sp³-hybridized carbons (Fsp3) is 0.529. The Morgan fingerprint density at radius 2 is 1.66 bits per heavy atom. The molecule has 1 spiro atoms. The number of hydrogen-bond acceptors (Lipinski definition) is 5. The Kier molecular flexibility index (Phi) is 9.95. The van der Waals surface area contributed by atoms with Crippen LogP contribution in [0.15, 0.2) is 36.4 Å². The zero-order chi connectivity index (χ0) is 31.4. The average molecular weight is 622 g/mol. The van der Waals surface area contributed by atoms with Gasteiger partial charge in [-0.3, -0.25) is 19.2 Å². The number of aryl methyl sites for hydroxylation is 2. The minimum absolute atomic E-state index is 0.00934. The first-order valence-electron chi connectivity index (χ1n) is 15.8. The number of likely N-dealkylation sites (tertiary alicyclic amines) is 1. The third-order valence-electron chi connectivity index (χ3n) is 9.64. The molecule has 4 N–H and O–H groups in total. The molecule has 1 saturated carbocycles. The average Bonchev–Trinajstić information content (AvgIpc) is 3.00. The number of nitrogens with zero attached hydrogens (tertiary/aromatic N) is 2. The van der Waals surface area contributed by atoms with Crippen molar-refractivity contribution in [2.75, 3.05) is 25.0 Å². The highest BCUT2D eigenvalue weighted by Gasteiger charge is 2.42. The molecule has 10 heteroatoms. The molecule has 2 atom stereocenters. The number of carbonyl (C=O) groups is 4. The SMILES string of the molecule is Cc1cc(NC(=O)[C@H](CCN)NC(=O)[C@@H]2Cc3ccccc3CN2C(=O)CCC(=O)N2CCCC3(CCC3)C2)cc(C)c1Cl. The maximum absolute atomic E-state index is 13.8. The molecule has 5 rings (SSSR count). The number of halogens is 1. The van der Waals surface area contributed by atoms with Crippen molar-refractivity contribution >= 4 is 40.9 Å². The van der Waals surface area contributed by atoms with Gasteiger partial charge in [-0.25, -0.2) is 0 Å². The van der Waals surface area contributed by atoms with Crippen molar-refractivity contribution in [1.82, 2.24) is 15.1 Å². The first-order chi connectivity index (χ1) is 21.1. The van der Waals surface area contributed by atoms with E-state index in [9.17, 15) is 19.2 Å². The normalized spacial score (nSPS) is 19.5. The molecular weight excluding hydrogens is 578 g/mol. The summed E-state index contributed by atoms with van der Waals surface area (Å²) >= 11 is 6.29. The maximum atomic E-state index is 13.8. The predicted octanol–water partition coefficient (Wildman–Crippen LogP) is 4.26. The van der Waals surface area contributed by atoms with Gasteiger partial charge in [0.15, 0.2) is 0 Å². The van der Waals surface area contributed by atoms with Gasteiger partial charge in [0.2, 0.25) is 23.6 Å². The molecule has 1 aliphatic carbocycles. The quantitative estimate of drug-likeness (QED) is 0.386. The lowest BCUT2D eigenvalue weighted by molar-refractivity contribution is -0.145. The van der Waals surface area contributed by atoms with Crippen molar-refractivity contribution in [3.8, 4) is 0 Å². The number of rotatable bonds is 9. The van der Waals surface area contributed by atoms with Crippen molar-refractivity contribution in [3.05, 3.63) is 63.7 Å². The van der Waals surface area contributed by atoms with Crippen LogP contribution in [0.25, 0.3) is 0 Å². The van der Waals surface area contributed by atoms with Gasteiger partial charge in [0, 0.05) is 49.6 Å². The van der Waals surface area contributed by atoms with Crippen LogP contribution in [0.3, 0.4) is 0 Å². The fourth-order valence-corrected chi connectivity index (χ4v) is 7.10. The smallest absolute Gasteiger partial charge is 0.246 e. The third kappa shape index (κ3) is 7.10. The summed E-state index contributed by atoms with van der Waals surface area (Å²) in [6, 6.07) is 9.61. The topological polar surface area (TPSA) is 125 Å². The molecule has 9 nitrogen and oxygen atoms in total. The molecule has 2 aromatic rings. The highest BCUT2D eigenvalue weighted by molar-refractivity contribution is 6.32. The van der Waals surface area contributed by atoms with Gasteiger partial charge in [0.05, 0.1) is 0 Å². The van der Waals surface area contributed by atoms with Crippen LogP contribution in [0.5, 0.6) is 0 Å². The first-order valence-corrected chi connectivity index (χ1v) is 16.2. The summed E-state index contributed by atoms with van der Waals surface area (Å²) in [5.41, 5.74) is 10.3. The van der Waals surface area contributed by atoms with E-state index in [1.807, 2.05) is 43.0 Å². The van der Waals surface area contributed by atoms with Crippen LogP contribution in [0.2, 0.25) is 5.02 Å². The molecule has 0 bridgehead atoms. The second-order valence-corrected chi connectivity index (χ2v) is 13.2. The largest absolute Gasteiger partial charge is 0.342 e. The molecule has 2 fully saturated rings. The number of nitrogens with one attached hydrogen (secondary N) is 2. The molecule has 4 amide bonds. The highest BCUT2D eigenvalue weighted by Crippen LogP contribution is 2.47. The van der Waals surface area contributed by atoms with Crippen LogP contribution in [0.1, 0.15) is 73.6 Å². The number of nitrogens with two attached hydrogens (primary N) is 1. The Morgan fingerprint density at radius 1 is 1.00 bits per heavy atom. The third-order valence-corrected chi connectivity index (χ3v) is 10.2. The van der Waals surface area contributed by atoms with Crippen molar-refractivity contribution < 1.29 is 19.2 Å². The summed E-state index contributed by atoms with van der Waals surface area (Å²) in [6.45, 7) is 5.72.